The molecule has 2 amide bonds. The third-order valence-electron chi connectivity index (χ3n) is 4.68. The van der Waals surface area contributed by atoms with Crippen LogP contribution in [0.4, 0.5) is 0 Å². The second kappa shape index (κ2) is 7.41. The molecule has 0 saturated heterocycles. The standard InChI is InChI=1S/C20H18BrNO4/c21-12-6-11-20(19(25)26,13-14-7-2-1-3-8-14)22-17(23)15-9-4-5-10-16(15)18(22)24/h1-5,7-10H,6,11-13H2,(H,25,26). The summed E-state index contributed by atoms with van der Waals surface area (Å²) in [4.78, 5) is 39.2. The lowest BCUT2D eigenvalue weighted by Crippen LogP contribution is -2.58. The molecule has 1 atom stereocenters. The summed E-state index contributed by atoms with van der Waals surface area (Å²) >= 11 is 3.32. The summed E-state index contributed by atoms with van der Waals surface area (Å²) in [6.45, 7) is 0. The minimum absolute atomic E-state index is 0.0711. The second-order valence-corrected chi connectivity index (χ2v) is 7.08. The van der Waals surface area contributed by atoms with Crippen molar-refractivity contribution in [2.75, 3.05) is 5.33 Å². The Hall–Kier alpha value is -2.47. The van der Waals surface area contributed by atoms with Crippen LogP contribution >= 0.6 is 15.9 Å². The summed E-state index contributed by atoms with van der Waals surface area (Å²) in [5.74, 6) is -2.26. The maximum Gasteiger partial charge on any atom is 0.330 e. The lowest BCUT2D eigenvalue weighted by atomic mass is 9.84. The van der Waals surface area contributed by atoms with Gasteiger partial charge in [0, 0.05) is 11.8 Å². The Balaban J connectivity index is 2.10. The van der Waals surface area contributed by atoms with Crippen molar-refractivity contribution in [3.8, 4) is 0 Å². The third kappa shape index (κ3) is 3.05. The molecule has 0 fully saturated rings. The number of aliphatic carboxylic acids is 1. The van der Waals surface area contributed by atoms with Gasteiger partial charge < -0.3 is 5.11 Å². The average Bonchev–Trinajstić information content (AvgIpc) is 2.91. The van der Waals surface area contributed by atoms with E-state index < -0.39 is 23.3 Å². The van der Waals surface area contributed by atoms with Gasteiger partial charge in [0.1, 0.15) is 0 Å². The van der Waals surface area contributed by atoms with Crippen molar-refractivity contribution >= 4 is 33.7 Å². The molecular weight excluding hydrogens is 398 g/mol. The summed E-state index contributed by atoms with van der Waals surface area (Å²) in [7, 11) is 0. The number of carbonyl (C=O) groups excluding carboxylic acids is 2. The van der Waals surface area contributed by atoms with Gasteiger partial charge in [0.2, 0.25) is 0 Å². The van der Waals surface area contributed by atoms with Crippen LogP contribution in [-0.4, -0.2) is 38.7 Å². The van der Waals surface area contributed by atoms with Gasteiger partial charge >= 0.3 is 5.97 Å². The van der Waals surface area contributed by atoms with E-state index in [2.05, 4.69) is 15.9 Å². The van der Waals surface area contributed by atoms with Crippen molar-refractivity contribution in [2.45, 2.75) is 24.8 Å². The molecule has 134 valence electrons. The third-order valence-corrected chi connectivity index (χ3v) is 5.24. The van der Waals surface area contributed by atoms with E-state index in [1.54, 1.807) is 24.3 Å². The zero-order valence-corrected chi connectivity index (χ0v) is 15.6. The number of amides is 2. The number of rotatable bonds is 7. The number of carbonyl (C=O) groups is 3. The Labute approximate surface area is 159 Å². The fourth-order valence-corrected chi connectivity index (χ4v) is 3.71. The first-order chi connectivity index (χ1) is 12.5. The highest BCUT2D eigenvalue weighted by Gasteiger charge is 2.53. The summed E-state index contributed by atoms with van der Waals surface area (Å²) in [6.07, 6.45) is 0.766. The number of halogens is 1. The van der Waals surface area contributed by atoms with Gasteiger partial charge in [0.25, 0.3) is 11.8 Å². The van der Waals surface area contributed by atoms with Crippen molar-refractivity contribution in [3.63, 3.8) is 0 Å². The minimum atomic E-state index is -1.62. The lowest BCUT2D eigenvalue weighted by molar-refractivity contribution is -0.149. The smallest absolute Gasteiger partial charge is 0.330 e. The van der Waals surface area contributed by atoms with Crippen molar-refractivity contribution in [3.05, 3.63) is 71.3 Å². The molecule has 0 radical (unpaired) electrons. The average molecular weight is 416 g/mol. The van der Waals surface area contributed by atoms with E-state index in [0.717, 1.165) is 10.5 Å². The first kappa shape index (κ1) is 18.3. The summed E-state index contributed by atoms with van der Waals surface area (Å²) in [5, 5.41) is 10.7. The topological polar surface area (TPSA) is 74.7 Å². The minimum Gasteiger partial charge on any atom is -0.479 e. The van der Waals surface area contributed by atoms with Gasteiger partial charge in [-0.05, 0) is 30.5 Å². The molecule has 0 spiro atoms. The van der Waals surface area contributed by atoms with Gasteiger partial charge in [-0.1, -0.05) is 58.4 Å². The van der Waals surface area contributed by atoms with Crippen LogP contribution in [0, 0.1) is 0 Å². The van der Waals surface area contributed by atoms with E-state index in [9.17, 15) is 19.5 Å². The Bertz CT molecular complexity index is 817. The van der Waals surface area contributed by atoms with Gasteiger partial charge in [-0.3, -0.25) is 14.5 Å². The number of alkyl halides is 1. The van der Waals surface area contributed by atoms with E-state index in [4.69, 9.17) is 0 Å². The van der Waals surface area contributed by atoms with Crippen LogP contribution in [0.1, 0.15) is 39.1 Å². The summed E-state index contributed by atoms with van der Waals surface area (Å²) in [6, 6.07) is 15.6. The molecule has 1 heterocycles. The van der Waals surface area contributed by atoms with Crippen LogP contribution in [0.3, 0.4) is 0 Å². The van der Waals surface area contributed by atoms with Crippen molar-refractivity contribution in [2.24, 2.45) is 0 Å². The summed E-state index contributed by atoms with van der Waals surface area (Å²) < 4.78 is 0. The molecule has 1 unspecified atom stereocenters. The molecule has 3 rings (SSSR count). The normalized spacial score (nSPS) is 15.7. The van der Waals surface area contributed by atoms with E-state index in [1.165, 1.54) is 0 Å². The van der Waals surface area contributed by atoms with E-state index >= 15 is 0 Å². The van der Waals surface area contributed by atoms with E-state index in [0.29, 0.717) is 11.8 Å². The SMILES string of the molecule is O=C1c2ccccc2C(=O)N1C(CCCBr)(Cc1ccccc1)C(=O)O. The van der Waals surface area contributed by atoms with Gasteiger partial charge in [-0.2, -0.15) is 0 Å². The number of benzene rings is 2. The quantitative estimate of drug-likeness (QED) is 0.554. The van der Waals surface area contributed by atoms with E-state index in [1.807, 2.05) is 30.3 Å². The highest BCUT2D eigenvalue weighted by molar-refractivity contribution is 9.09. The molecule has 0 bridgehead atoms. The largest absolute Gasteiger partial charge is 0.479 e. The Morgan fingerprint density at radius 3 is 2.00 bits per heavy atom. The highest BCUT2D eigenvalue weighted by atomic mass is 79.9. The van der Waals surface area contributed by atoms with Gasteiger partial charge in [-0.25, -0.2) is 4.79 Å². The number of imide groups is 1. The molecular formula is C20H18BrNO4. The first-order valence-corrected chi connectivity index (χ1v) is 9.44. The molecule has 0 aliphatic carbocycles. The molecule has 5 nitrogen and oxygen atoms in total. The van der Waals surface area contributed by atoms with Gasteiger partial charge in [0.05, 0.1) is 11.1 Å². The van der Waals surface area contributed by atoms with Crippen LogP contribution < -0.4 is 0 Å². The van der Waals surface area contributed by atoms with Crippen LogP contribution in [-0.2, 0) is 11.2 Å². The van der Waals surface area contributed by atoms with Crippen molar-refractivity contribution in [1.82, 2.24) is 4.90 Å². The number of nitrogens with zero attached hydrogens (tertiary/aromatic N) is 1. The zero-order chi connectivity index (χ0) is 18.7. The van der Waals surface area contributed by atoms with Crippen LogP contribution in [0.15, 0.2) is 54.6 Å². The van der Waals surface area contributed by atoms with Crippen LogP contribution in [0.5, 0.6) is 0 Å². The number of hydrogen-bond donors (Lipinski definition) is 1. The summed E-state index contributed by atoms with van der Waals surface area (Å²) in [5.41, 5.74) is -0.339. The molecule has 1 aliphatic rings. The fourth-order valence-electron chi connectivity index (χ4n) is 3.43. The molecule has 0 aromatic heterocycles. The number of carboxylic acid groups (broad SMARTS) is 1. The second-order valence-electron chi connectivity index (χ2n) is 6.28. The molecule has 6 heteroatoms. The number of fused-ring (bicyclic) bond motifs is 1. The number of carboxylic acids is 1. The fraction of sp³-hybridized carbons (Fsp3) is 0.250. The van der Waals surface area contributed by atoms with Crippen molar-refractivity contribution < 1.29 is 19.5 Å². The van der Waals surface area contributed by atoms with Gasteiger partial charge in [0.15, 0.2) is 5.54 Å². The lowest BCUT2D eigenvalue weighted by Gasteiger charge is -2.37. The maximum absolute atomic E-state index is 12.9. The van der Waals surface area contributed by atoms with E-state index in [-0.39, 0.29) is 24.0 Å². The van der Waals surface area contributed by atoms with Gasteiger partial charge in [-0.15, -0.1) is 0 Å². The predicted octanol–water partition coefficient (Wildman–Crippen LogP) is 3.52. The Kier molecular flexibility index (Phi) is 5.23. The molecule has 0 saturated carbocycles. The molecule has 1 aliphatic heterocycles. The Morgan fingerprint density at radius 1 is 0.962 bits per heavy atom. The van der Waals surface area contributed by atoms with Crippen LogP contribution in [0.2, 0.25) is 0 Å². The maximum atomic E-state index is 12.9. The Morgan fingerprint density at radius 2 is 1.50 bits per heavy atom. The highest BCUT2D eigenvalue weighted by Crippen LogP contribution is 2.35. The van der Waals surface area contributed by atoms with Crippen molar-refractivity contribution in [1.29, 1.82) is 0 Å². The molecule has 1 N–H and O–H groups in total. The molecule has 2 aromatic carbocycles. The van der Waals surface area contributed by atoms with Crippen LogP contribution in [0.25, 0.3) is 0 Å². The predicted molar refractivity (Wildman–Crippen MR) is 100 cm³/mol. The first-order valence-electron chi connectivity index (χ1n) is 8.32. The number of hydrogen-bond acceptors (Lipinski definition) is 3. The molecule has 2 aromatic rings. The zero-order valence-electron chi connectivity index (χ0n) is 14.0. The molecule has 26 heavy (non-hydrogen) atoms. The monoisotopic (exact) mass is 415 g/mol.